The van der Waals surface area contributed by atoms with E-state index in [0.29, 0.717) is 6.54 Å². The maximum Gasteiger partial charge on any atom is 0.320 e. The summed E-state index contributed by atoms with van der Waals surface area (Å²) in [4.78, 5) is 13.0. The Balaban J connectivity index is 2.61. The summed E-state index contributed by atoms with van der Waals surface area (Å²) >= 11 is 0. The maximum absolute atomic E-state index is 10.9. The minimum absolute atomic E-state index is 0.245. The van der Waals surface area contributed by atoms with E-state index in [1.807, 2.05) is 4.90 Å². The van der Waals surface area contributed by atoms with Gasteiger partial charge in [-0.05, 0) is 32.2 Å². The normalized spacial score (nSPS) is 30.1. The predicted molar refractivity (Wildman–Crippen MR) is 59.7 cm³/mol. The zero-order valence-corrected chi connectivity index (χ0v) is 9.65. The van der Waals surface area contributed by atoms with Crippen molar-refractivity contribution in [2.75, 3.05) is 13.1 Å². The standard InChI is InChI=1S/C11H22N2O2/c1-3-9-4-5-13(8(2)11(14)15)10(6-9)7-12/h8-10H,3-7,12H2,1-2H3,(H,14,15). The van der Waals surface area contributed by atoms with Gasteiger partial charge in [0, 0.05) is 12.6 Å². The molecular weight excluding hydrogens is 192 g/mol. The second-order valence-electron chi connectivity index (χ2n) is 4.44. The first-order valence-corrected chi connectivity index (χ1v) is 5.78. The number of piperidine rings is 1. The number of hydrogen-bond donors (Lipinski definition) is 2. The van der Waals surface area contributed by atoms with Crippen molar-refractivity contribution in [3.8, 4) is 0 Å². The molecule has 0 amide bonds. The Morgan fingerprint density at radius 2 is 2.33 bits per heavy atom. The van der Waals surface area contributed by atoms with E-state index in [4.69, 9.17) is 10.8 Å². The zero-order valence-electron chi connectivity index (χ0n) is 9.65. The molecule has 0 radical (unpaired) electrons. The summed E-state index contributed by atoms with van der Waals surface area (Å²) in [5, 5.41) is 8.99. The van der Waals surface area contributed by atoms with Crippen molar-refractivity contribution in [3.63, 3.8) is 0 Å². The van der Waals surface area contributed by atoms with Crippen LogP contribution in [0.3, 0.4) is 0 Å². The highest BCUT2D eigenvalue weighted by Crippen LogP contribution is 2.26. The third-order valence-corrected chi connectivity index (χ3v) is 3.57. The van der Waals surface area contributed by atoms with Gasteiger partial charge >= 0.3 is 5.97 Å². The Morgan fingerprint density at radius 3 is 2.80 bits per heavy atom. The highest BCUT2D eigenvalue weighted by atomic mass is 16.4. The molecule has 0 spiro atoms. The van der Waals surface area contributed by atoms with Crippen LogP contribution in [0.25, 0.3) is 0 Å². The first kappa shape index (κ1) is 12.5. The molecule has 4 nitrogen and oxygen atoms in total. The predicted octanol–water partition coefficient (Wildman–Crippen LogP) is 0.909. The molecule has 0 aromatic rings. The molecule has 1 saturated heterocycles. The van der Waals surface area contributed by atoms with Gasteiger partial charge in [0.05, 0.1) is 0 Å². The lowest BCUT2D eigenvalue weighted by Crippen LogP contribution is -2.52. The van der Waals surface area contributed by atoms with Crippen LogP contribution in [-0.4, -0.2) is 41.1 Å². The van der Waals surface area contributed by atoms with Crippen LogP contribution in [0.2, 0.25) is 0 Å². The fourth-order valence-electron chi connectivity index (χ4n) is 2.41. The Kier molecular flexibility index (Phi) is 4.54. The van der Waals surface area contributed by atoms with Crippen LogP contribution in [0.1, 0.15) is 33.1 Å². The summed E-state index contributed by atoms with van der Waals surface area (Å²) in [6, 6.07) is -0.161. The van der Waals surface area contributed by atoms with Gasteiger partial charge in [-0.25, -0.2) is 0 Å². The average molecular weight is 214 g/mol. The van der Waals surface area contributed by atoms with E-state index >= 15 is 0 Å². The molecule has 4 heteroatoms. The zero-order chi connectivity index (χ0) is 11.4. The smallest absolute Gasteiger partial charge is 0.320 e. The maximum atomic E-state index is 10.9. The third-order valence-electron chi connectivity index (χ3n) is 3.57. The molecule has 0 saturated carbocycles. The van der Waals surface area contributed by atoms with Crippen molar-refractivity contribution in [1.29, 1.82) is 0 Å². The van der Waals surface area contributed by atoms with E-state index in [0.717, 1.165) is 25.3 Å². The van der Waals surface area contributed by atoms with Crippen molar-refractivity contribution in [2.45, 2.75) is 45.2 Å². The van der Waals surface area contributed by atoms with Gasteiger partial charge in [0.25, 0.3) is 0 Å². The van der Waals surface area contributed by atoms with Crippen molar-refractivity contribution in [1.82, 2.24) is 4.90 Å². The van der Waals surface area contributed by atoms with Crippen molar-refractivity contribution in [2.24, 2.45) is 11.7 Å². The number of carbonyl (C=O) groups is 1. The fourth-order valence-corrected chi connectivity index (χ4v) is 2.41. The Bertz CT molecular complexity index is 221. The highest BCUT2D eigenvalue weighted by Gasteiger charge is 2.32. The lowest BCUT2D eigenvalue weighted by molar-refractivity contribution is -0.144. The molecular formula is C11H22N2O2. The van der Waals surface area contributed by atoms with E-state index in [-0.39, 0.29) is 6.04 Å². The molecule has 3 N–H and O–H groups in total. The summed E-state index contributed by atoms with van der Waals surface area (Å²) in [5.74, 6) is -0.0285. The number of aliphatic carboxylic acids is 1. The average Bonchev–Trinajstić information content (AvgIpc) is 2.27. The number of nitrogens with zero attached hydrogens (tertiary/aromatic N) is 1. The van der Waals surface area contributed by atoms with Crippen LogP contribution >= 0.6 is 0 Å². The number of rotatable bonds is 4. The Morgan fingerprint density at radius 1 is 1.67 bits per heavy atom. The molecule has 1 fully saturated rings. The summed E-state index contributed by atoms with van der Waals surface area (Å²) < 4.78 is 0. The van der Waals surface area contributed by atoms with Gasteiger partial charge in [0.15, 0.2) is 0 Å². The second-order valence-corrected chi connectivity index (χ2v) is 4.44. The molecule has 1 rings (SSSR count). The van der Waals surface area contributed by atoms with Crippen molar-refractivity contribution < 1.29 is 9.90 Å². The summed E-state index contributed by atoms with van der Waals surface area (Å²) in [7, 11) is 0. The Hall–Kier alpha value is -0.610. The summed E-state index contributed by atoms with van der Waals surface area (Å²) in [5.41, 5.74) is 5.71. The molecule has 0 aromatic carbocycles. The first-order chi connectivity index (χ1) is 7.10. The van der Waals surface area contributed by atoms with Gasteiger partial charge < -0.3 is 10.8 Å². The minimum atomic E-state index is -0.747. The van der Waals surface area contributed by atoms with Crippen LogP contribution < -0.4 is 5.73 Å². The Labute approximate surface area is 91.4 Å². The van der Waals surface area contributed by atoms with Crippen LogP contribution in [0.5, 0.6) is 0 Å². The fraction of sp³-hybridized carbons (Fsp3) is 0.909. The molecule has 1 heterocycles. The SMILES string of the molecule is CCC1CCN(C(C)C(=O)O)C(CN)C1. The van der Waals surface area contributed by atoms with Crippen molar-refractivity contribution >= 4 is 5.97 Å². The molecule has 15 heavy (non-hydrogen) atoms. The van der Waals surface area contributed by atoms with Crippen LogP contribution in [0.4, 0.5) is 0 Å². The van der Waals surface area contributed by atoms with Gasteiger partial charge in [0.2, 0.25) is 0 Å². The quantitative estimate of drug-likeness (QED) is 0.730. The molecule has 3 atom stereocenters. The first-order valence-electron chi connectivity index (χ1n) is 5.78. The molecule has 3 unspecified atom stereocenters. The van der Waals surface area contributed by atoms with Crippen LogP contribution in [0.15, 0.2) is 0 Å². The minimum Gasteiger partial charge on any atom is -0.480 e. The molecule has 1 aliphatic rings. The van der Waals surface area contributed by atoms with E-state index in [1.165, 1.54) is 6.42 Å². The number of carboxylic acids is 1. The summed E-state index contributed by atoms with van der Waals surface area (Å²) in [6.45, 7) is 5.37. The van der Waals surface area contributed by atoms with Gasteiger partial charge in [-0.3, -0.25) is 9.69 Å². The van der Waals surface area contributed by atoms with Gasteiger partial charge in [-0.1, -0.05) is 13.3 Å². The number of carboxylic acid groups (broad SMARTS) is 1. The molecule has 0 aliphatic carbocycles. The number of hydrogen-bond acceptors (Lipinski definition) is 3. The van der Waals surface area contributed by atoms with E-state index in [9.17, 15) is 4.79 Å². The third kappa shape index (κ3) is 2.92. The lowest BCUT2D eigenvalue weighted by Gasteiger charge is -2.40. The van der Waals surface area contributed by atoms with Gasteiger partial charge in [0.1, 0.15) is 6.04 Å². The van der Waals surface area contributed by atoms with Gasteiger partial charge in [-0.15, -0.1) is 0 Å². The second kappa shape index (κ2) is 5.47. The van der Waals surface area contributed by atoms with Gasteiger partial charge in [-0.2, -0.15) is 0 Å². The number of nitrogens with two attached hydrogens (primary N) is 1. The van der Waals surface area contributed by atoms with Crippen LogP contribution in [0, 0.1) is 5.92 Å². The largest absolute Gasteiger partial charge is 0.480 e. The number of likely N-dealkylation sites (tertiary alicyclic amines) is 1. The van der Waals surface area contributed by atoms with Crippen molar-refractivity contribution in [3.05, 3.63) is 0 Å². The molecule has 0 bridgehead atoms. The summed E-state index contributed by atoms with van der Waals surface area (Å²) in [6.07, 6.45) is 3.32. The monoisotopic (exact) mass is 214 g/mol. The molecule has 88 valence electrons. The topological polar surface area (TPSA) is 66.6 Å². The van der Waals surface area contributed by atoms with Crippen LogP contribution in [-0.2, 0) is 4.79 Å². The molecule has 0 aromatic heterocycles. The van der Waals surface area contributed by atoms with E-state index in [2.05, 4.69) is 6.92 Å². The highest BCUT2D eigenvalue weighted by molar-refractivity contribution is 5.72. The van der Waals surface area contributed by atoms with E-state index < -0.39 is 12.0 Å². The lowest BCUT2D eigenvalue weighted by atomic mass is 9.88. The molecule has 1 aliphatic heterocycles. The van der Waals surface area contributed by atoms with E-state index in [1.54, 1.807) is 6.92 Å².